The fraction of sp³-hybridized carbons (Fsp3) is 0.154. The number of benzene rings is 3. The number of anilines is 1. The Morgan fingerprint density at radius 1 is 0.806 bits per heavy atom. The first-order valence-corrected chi connectivity index (χ1v) is 9.99. The lowest BCUT2D eigenvalue weighted by atomic mass is 10.1. The topological polar surface area (TPSA) is 64.6 Å². The predicted molar refractivity (Wildman–Crippen MR) is 122 cm³/mol. The van der Waals surface area contributed by atoms with Crippen LogP contribution in [-0.2, 0) is 20.9 Å². The molecule has 3 rings (SSSR count). The lowest BCUT2D eigenvalue weighted by molar-refractivity contribution is -0.118. The van der Waals surface area contributed by atoms with Crippen molar-refractivity contribution in [2.24, 2.45) is 0 Å². The van der Waals surface area contributed by atoms with Crippen LogP contribution in [0.15, 0.2) is 90.5 Å². The zero-order valence-electron chi connectivity index (χ0n) is 17.6. The van der Waals surface area contributed by atoms with Gasteiger partial charge in [-0.15, -0.1) is 0 Å². The Balaban J connectivity index is 1.65. The van der Waals surface area contributed by atoms with Gasteiger partial charge in [0.05, 0.1) is 0 Å². The number of nitrogens with one attached hydrogen (secondary N) is 1. The van der Waals surface area contributed by atoms with Crippen LogP contribution in [0.2, 0.25) is 0 Å². The molecule has 3 aromatic carbocycles. The van der Waals surface area contributed by atoms with Crippen molar-refractivity contribution in [3.05, 3.63) is 102 Å². The average Bonchev–Trinajstić information content (AvgIpc) is 2.80. The molecule has 1 amide bonds. The van der Waals surface area contributed by atoms with Crippen LogP contribution in [0.5, 0.6) is 5.75 Å². The molecular formula is C26H25NO4. The SMILES string of the molecule is CC(=O)/C(C)=C(/OCc1ccccc1)c1ccc(NC(=O)COc2ccccc2)cc1. The number of carbonyl (C=O) groups excluding carboxylic acids is 2. The number of ether oxygens (including phenoxy) is 2. The van der Waals surface area contributed by atoms with Crippen LogP contribution in [0.25, 0.3) is 5.76 Å². The van der Waals surface area contributed by atoms with Gasteiger partial charge in [0.25, 0.3) is 5.91 Å². The molecule has 0 fully saturated rings. The van der Waals surface area contributed by atoms with Gasteiger partial charge in [-0.1, -0.05) is 48.5 Å². The van der Waals surface area contributed by atoms with E-state index < -0.39 is 0 Å². The van der Waals surface area contributed by atoms with Crippen molar-refractivity contribution in [1.82, 2.24) is 0 Å². The first kappa shape index (κ1) is 21.8. The van der Waals surface area contributed by atoms with Crippen LogP contribution in [0, 0.1) is 0 Å². The van der Waals surface area contributed by atoms with Crippen LogP contribution in [0.3, 0.4) is 0 Å². The smallest absolute Gasteiger partial charge is 0.262 e. The van der Waals surface area contributed by atoms with Crippen molar-refractivity contribution in [3.63, 3.8) is 0 Å². The molecule has 0 saturated carbocycles. The van der Waals surface area contributed by atoms with Crippen molar-refractivity contribution < 1.29 is 19.1 Å². The molecule has 0 unspecified atom stereocenters. The highest BCUT2D eigenvalue weighted by molar-refractivity contribution is 5.99. The van der Waals surface area contributed by atoms with E-state index >= 15 is 0 Å². The van der Waals surface area contributed by atoms with Gasteiger partial charge in [-0.2, -0.15) is 0 Å². The second-order valence-electron chi connectivity index (χ2n) is 7.01. The number of allylic oxidation sites excluding steroid dienone is 1. The third-order valence-corrected chi connectivity index (χ3v) is 4.64. The molecule has 3 aromatic rings. The summed E-state index contributed by atoms with van der Waals surface area (Å²) in [5.74, 6) is 0.853. The Hall–Kier alpha value is -3.86. The fourth-order valence-electron chi connectivity index (χ4n) is 2.87. The van der Waals surface area contributed by atoms with Gasteiger partial charge in [0.1, 0.15) is 18.1 Å². The van der Waals surface area contributed by atoms with E-state index in [9.17, 15) is 9.59 Å². The molecular weight excluding hydrogens is 390 g/mol. The molecule has 0 aliphatic rings. The Morgan fingerprint density at radius 3 is 2.03 bits per heavy atom. The van der Waals surface area contributed by atoms with Gasteiger partial charge < -0.3 is 14.8 Å². The van der Waals surface area contributed by atoms with Crippen molar-refractivity contribution in [1.29, 1.82) is 0 Å². The van der Waals surface area contributed by atoms with E-state index in [0.29, 0.717) is 29.4 Å². The number of carbonyl (C=O) groups is 2. The zero-order chi connectivity index (χ0) is 22.1. The minimum Gasteiger partial charge on any atom is -0.488 e. The van der Waals surface area contributed by atoms with E-state index in [1.54, 1.807) is 31.2 Å². The molecule has 0 spiro atoms. The molecule has 0 saturated heterocycles. The molecule has 0 aliphatic carbocycles. The Morgan fingerprint density at radius 2 is 1.42 bits per heavy atom. The predicted octanol–water partition coefficient (Wildman–Crippen LogP) is 5.24. The number of rotatable bonds is 9. The first-order valence-electron chi connectivity index (χ1n) is 9.99. The molecule has 1 N–H and O–H groups in total. The summed E-state index contributed by atoms with van der Waals surface area (Å²) in [5, 5.41) is 2.80. The molecule has 0 radical (unpaired) electrons. The summed E-state index contributed by atoms with van der Waals surface area (Å²) in [7, 11) is 0. The van der Waals surface area contributed by atoms with Gasteiger partial charge in [0, 0.05) is 16.8 Å². The van der Waals surface area contributed by atoms with Crippen molar-refractivity contribution in [3.8, 4) is 5.75 Å². The summed E-state index contributed by atoms with van der Waals surface area (Å²) in [6.45, 7) is 3.54. The Bertz CT molecular complexity index is 1040. The number of hydrogen-bond donors (Lipinski definition) is 1. The van der Waals surface area contributed by atoms with Crippen LogP contribution >= 0.6 is 0 Å². The highest BCUT2D eigenvalue weighted by Crippen LogP contribution is 2.24. The number of amides is 1. The van der Waals surface area contributed by atoms with Gasteiger partial charge in [-0.25, -0.2) is 0 Å². The van der Waals surface area contributed by atoms with Gasteiger partial charge in [-0.05, 0) is 55.8 Å². The minimum absolute atomic E-state index is 0.0569. The van der Waals surface area contributed by atoms with Gasteiger partial charge >= 0.3 is 0 Å². The van der Waals surface area contributed by atoms with Crippen LogP contribution in [0.1, 0.15) is 25.0 Å². The number of ketones is 1. The molecule has 158 valence electrons. The first-order chi connectivity index (χ1) is 15.0. The number of para-hydroxylation sites is 1. The maximum Gasteiger partial charge on any atom is 0.262 e. The molecule has 5 nitrogen and oxygen atoms in total. The monoisotopic (exact) mass is 415 g/mol. The quantitative estimate of drug-likeness (QED) is 0.383. The average molecular weight is 415 g/mol. The van der Waals surface area contributed by atoms with Gasteiger partial charge in [0.15, 0.2) is 12.4 Å². The summed E-state index contributed by atoms with van der Waals surface area (Å²) < 4.78 is 11.5. The third kappa shape index (κ3) is 6.57. The van der Waals surface area contributed by atoms with Gasteiger partial charge in [0.2, 0.25) is 0 Å². The summed E-state index contributed by atoms with van der Waals surface area (Å²) in [4.78, 5) is 24.1. The maximum absolute atomic E-state index is 12.1. The summed E-state index contributed by atoms with van der Waals surface area (Å²) in [6, 6.07) is 26.1. The molecule has 0 heterocycles. The van der Waals surface area contributed by atoms with Crippen molar-refractivity contribution in [2.75, 3.05) is 11.9 Å². The van der Waals surface area contributed by atoms with Crippen molar-refractivity contribution >= 4 is 23.1 Å². The molecule has 5 heteroatoms. The third-order valence-electron chi connectivity index (χ3n) is 4.64. The minimum atomic E-state index is -0.257. The number of hydrogen-bond acceptors (Lipinski definition) is 4. The Labute approximate surface area is 182 Å². The lowest BCUT2D eigenvalue weighted by Gasteiger charge is -2.14. The van der Waals surface area contributed by atoms with E-state index in [-0.39, 0.29) is 18.3 Å². The largest absolute Gasteiger partial charge is 0.488 e. The summed E-state index contributed by atoms with van der Waals surface area (Å²) >= 11 is 0. The summed E-state index contributed by atoms with van der Waals surface area (Å²) in [6.07, 6.45) is 0. The second-order valence-corrected chi connectivity index (χ2v) is 7.01. The molecule has 0 aliphatic heterocycles. The van der Waals surface area contributed by atoms with E-state index in [1.807, 2.05) is 60.7 Å². The molecule has 0 bridgehead atoms. The van der Waals surface area contributed by atoms with Crippen LogP contribution in [-0.4, -0.2) is 18.3 Å². The standard InChI is InChI=1S/C26H25NO4/c1-19(20(2)28)26(31-17-21-9-5-3-6-10-21)22-13-15-23(16-14-22)27-25(29)18-30-24-11-7-4-8-12-24/h3-16H,17-18H2,1-2H3,(H,27,29)/b26-19+. The highest BCUT2D eigenvalue weighted by atomic mass is 16.5. The molecule has 31 heavy (non-hydrogen) atoms. The van der Waals surface area contributed by atoms with Crippen molar-refractivity contribution in [2.45, 2.75) is 20.5 Å². The maximum atomic E-state index is 12.1. The molecule has 0 atom stereocenters. The lowest BCUT2D eigenvalue weighted by Crippen LogP contribution is -2.20. The van der Waals surface area contributed by atoms with E-state index in [0.717, 1.165) is 11.1 Å². The zero-order valence-corrected chi connectivity index (χ0v) is 17.6. The second kappa shape index (κ2) is 10.8. The number of Topliss-reactive ketones (excluding diaryl/α,β-unsaturated/α-hetero) is 1. The van der Waals surface area contributed by atoms with E-state index in [4.69, 9.17) is 9.47 Å². The normalized spacial score (nSPS) is 11.3. The molecule has 0 aromatic heterocycles. The summed E-state index contributed by atoms with van der Waals surface area (Å²) in [5.41, 5.74) is 2.96. The van der Waals surface area contributed by atoms with Crippen LogP contribution in [0.4, 0.5) is 5.69 Å². The fourth-order valence-corrected chi connectivity index (χ4v) is 2.87. The van der Waals surface area contributed by atoms with Crippen LogP contribution < -0.4 is 10.1 Å². The van der Waals surface area contributed by atoms with E-state index in [1.165, 1.54) is 6.92 Å². The Kier molecular flexibility index (Phi) is 7.60. The van der Waals surface area contributed by atoms with E-state index in [2.05, 4.69) is 5.32 Å². The highest BCUT2D eigenvalue weighted by Gasteiger charge is 2.12. The van der Waals surface area contributed by atoms with Gasteiger partial charge in [-0.3, -0.25) is 9.59 Å².